The van der Waals surface area contributed by atoms with Crippen LogP contribution < -0.4 is 0 Å². The molecular formula is C9H18O4Si. The number of hydrogen-bond donors (Lipinski definition) is 0. The number of ether oxygens (including phenoxy) is 3. The SMILES string of the molecule is C=CC(=O)OCC[SiH2]CC(OC)OC. The van der Waals surface area contributed by atoms with Crippen LogP contribution in [0.3, 0.4) is 0 Å². The van der Waals surface area contributed by atoms with E-state index in [1.54, 1.807) is 14.2 Å². The molecule has 0 bridgehead atoms. The summed E-state index contributed by atoms with van der Waals surface area (Å²) in [5.41, 5.74) is 0. The minimum atomic E-state index is -0.353. The van der Waals surface area contributed by atoms with Crippen molar-refractivity contribution in [1.82, 2.24) is 0 Å². The zero-order chi connectivity index (χ0) is 10.8. The molecule has 82 valence electrons. The lowest BCUT2D eigenvalue weighted by Gasteiger charge is -2.12. The summed E-state index contributed by atoms with van der Waals surface area (Å²) in [6, 6.07) is 1.89. The molecule has 0 heterocycles. The quantitative estimate of drug-likeness (QED) is 0.194. The lowest BCUT2D eigenvalue weighted by Crippen LogP contribution is -2.16. The lowest BCUT2D eigenvalue weighted by atomic mass is 10.6. The molecular weight excluding hydrogens is 200 g/mol. The maximum atomic E-state index is 10.6. The molecule has 0 aliphatic heterocycles. The van der Waals surface area contributed by atoms with Crippen LogP contribution in [-0.4, -0.2) is 42.6 Å². The topological polar surface area (TPSA) is 44.8 Å². The Balaban J connectivity index is 3.28. The van der Waals surface area contributed by atoms with Gasteiger partial charge in [0.25, 0.3) is 0 Å². The molecule has 5 heteroatoms. The largest absolute Gasteiger partial charge is 0.463 e. The smallest absolute Gasteiger partial charge is 0.330 e. The molecule has 0 aromatic rings. The fraction of sp³-hybridized carbons (Fsp3) is 0.667. The summed E-state index contributed by atoms with van der Waals surface area (Å²) in [7, 11) is 2.98. The second kappa shape index (κ2) is 8.92. The van der Waals surface area contributed by atoms with E-state index in [1.165, 1.54) is 6.08 Å². The van der Waals surface area contributed by atoms with E-state index in [2.05, 4.69) is 6.58 Å². The van der Waals surface area contributed by atoms with Gasteiger partial charge in [-0.3, -0.25) is 0 Å². The van der Waals surface area contributed by atoms with Crippen molar-refractivity contribution in [3.8, 4) is 0 Å². The zero-order valence-corrected chi connectivity index (χ0v) is 10.2. The molecule has 4 nitrogen and oxygen atoms in total. The van der Waals surface area contributed by atoms with Gasteiger partial charge in [0, 0.05) is 29.8 Å². The Morgan fingerprint density at radius 1 is 1.50 bits per heavy atom. The van der Waals surface area contributed by atoms with Gasteiger partial charge in [-0.25, -0.2) is 4.79 Å². The minimum Gasteiger partial charge on any atom is -0.463 e. The highest BCUT2D eigenvalue weighted by atomic mass is 28.2. The van der Waals surface area contributed by atoms with Crippen LogP contribution in [0.1, 0.15) is 0 Å². The Morgan fingerprint density at radius 2 is 2.14 bits per heavy atom. The van der Waals surface area contributed by atoms with Gasteiger partial charge in [0.1, 0.15) is 0 Å². The predicted molar refractivity (Wildman–Crippen MR) is 57.1 cm³/mol. The number of hydrogen-bond acceptors (Lipinski definition) is 4. The van der Waals surface area contributed by atoms with Crippen LogP contribution in [0.15, 0.2) is 12.7 Å². The van der Waals surface area contributed by atoms with Crippen molar-refractivity contribution < 1.29 is 19.0 Å². The van der Waals surface area contributed by atoms with Gasteiger partial charge in [0.2, 0.25) is 0 Å². The highest BCUT2D eigenvalue weighted by Gasteiger charge is 2.04. The van der Waals surface area contributed by atoms with Crippen LogP contribution in [0.5, 0.6) is 0 Å². The summed E-state index contributed by atoms with van der Waals surface area (Å²) in [6.07, 6.45) is 1.08. The maximum absolute atomic E-state index is 10.6. The van der Waals surface area contributed by atoms with Gasteiger partial charge < -0.3 is 14.2 Å². The maximum Gasteiger partial charge on any atom is 0.330 e. The number of esters is 1. The van der Waals surface area contributed by atoms with E-state index in [0.717, 1.165) is 12.1 Å². The van der Waals surface area contributed by atoms with E-state index in [1.807, 2.05) is 0 Å². The highest BCUT2D eigenvalue weighted by molar-refractivity contribution is 6.35. The summed E-state index contributed by atoms with van der Waals surface area (Å²) < 4.78 is 14.9. The lowest BCUT2D eigenvalue weighted by molar-refractivity contribution is -0.137. The minimum absolute atomic E-state index is 0.100. The first-order chi connectivity index (χ1) is 6.74. The van der Waals surface area contributed by atoms with Crippen LogP contribution in [0.4, 0.5) is 0 Å². The molecule has 0 N–H and O–H groups in total. The van der Waals surface area contributed by atoms with Crippen LogP contribution >= 0.6 is 0 Å². The van der Waals surface area contributed by atoms with Crippen LogP contribution in [0, 0.1) is 0 Å². The third kappa shape index (κ3) is 6.82. The average Bonchev–Trinajstić information content (AvgIpc) is 2.23. The Morgan fingerprint density at radius 3 is 2.64 bits per heavy atom. The molecule has 0 aliphatic carbocycles. The molecule has 0 amide bonds. The van der Waals surface area contributed by atoms with Gasteiger partial charge in [-0.2, -0.15) is 0 Å². The van der Waals surface area contributed by atoms with E-state index in [0.29, 0.717) is 6.61 Å². The number of methoxy groups -OCH3 is 2. The molecule has 0 aromatic heterocycles. The van der Waals surface area contributed by atoms with Crippen LogP contribution in [0.25, 0.3) is 0 Å². The van der Waals surface area contributed by atoms with Crippen molar-refractivity contribution in [3.63, 3.8) is 0 Å². The van der Waals surface area contributed by atoms with E-state index >= 15 is 0 Å². The fourth-order valence-corrected chi connectivity index (χ4v) is 2.42. The van der Waals surface area contributed by atoms with Crippen LogP contribution in [0.2, 0.25) is 12.1 Å². The number of carbonyl (C=O) groups excluding carboxylic acids is 1. The highest BCUT2D eigenvalue weighted by Crippen LogP contribution is 1.99. The Labute approximate surface area is 87.0 Å². The Bertz CT molecular complexity index is 168. The van der Waals surface area contributed by atoms with Crippen LogP contribution in [-0.2, 0) is 19.0 Å². The van der Waals surface area contributed by atoms with Crippen molar-refractivity contribution in [3.05, 3.63) is 12.7 Å². The average molecular weight is 218 g/mol. The summed E-state index contributed by atoms with van der Waals surface area (Å²) in [5.74, 6) is -0.353. The number of carbonyl (C=O) groups is 1. The third-order valence-corrected chi connectivity index (χ3v) is 3.44. The van der Waals surface area contributed by atoms with Crippen molar-refractivity contribution >= 4 is 15.5 Å². The predicted octanol–water partition coefficient (Wildman–Crippen LogP) is 0.340. The van der Waals surface area contributed by atoms with E-state index in [9.17, 15) is 4.79 Å². The molecule has 0 spiro atoms. The molecule has 0 saturated heterocycles. The van der Waals surface area contributed by atoms with Gasteiger partial charge in [0.05, 0.1) is 6.61 Å². The monoisotopic (exact) mass is 218 g/mol. The van der Waals surface area contributed by atoms with Crippen molar-refractivity contribution in [2.24, 2.45) is 0 Å². The molecule has 0 aromatic carbocycles. The van der Waals surface area contributed by atoms with Gasteiger partial charge in [-0.15, -0.1) is 0 Å². The first-order valence-electron chi connectivity index (χ1n) is 4.59. The second-order valence-electron chi connectivity index (χ2n) is 2.77. The van der Waals surface area contributed by atoms with E-state index in [-0.39, 0.29) is 21.8 Å². The molecule has 0 fully saturated rings. The van der Waals surface area contributed by atoms with Gasteiger partial charge in [-0.1, -0.05) is 6.58 Å². The summed E-state index contributed by atoms with van der Waals surface area (Å²) >= 11 is 0. The molecule has 14 heavy (non-hydrogen) atoms. The third-order valence-electron chi connectivity index (χ3n) is 1.77. The second-order valence-corrected chi connectivity index (χ2v) is 4.76. The summed E-state index contributed by atoms with van der Waals surface area (Å²) in [6.45, 7) is 3.79. The summed E-state index contributed by atoms with van der Waals surface area (Å²) in [5, 5.41) is 0. The Kier molecular flexibility index (Phi) is 8.51. The zero-order valence-electron chi connectivity index (χ0n) is 8.82. The molecule has 0 saturated carbocycles. The number of rotatable bonds is 8. The normalized spacial score (nSPS) is 11.1. The molecule has 0 rings (SSSR count). The van der Waals surface area contributed by atoms with Crippen molar-refractivity contribution in [1.29, 1.82) is 0 Å². The van der Waals surface area contributed by atoms with Gasteiger partial charge in [-0.05, 0) is 12.1 Å². The van der Waals surface area contributed by atoms with E-state index in [4.69, 9.17) is 14.2 Å². The Hall–Kier alpha value is -0.653. The summed E-state index contributed by atoms with van der Waals surface area (Å²) in [4.78, 5) is 10.6. The van der Waals surface area contributed by atoms with Gasteiger partial charge >= 0.3 is 5.97 Å². The fourth-order valence-electron chi connectivity index (χ4n) is 0.977. The van der Waals surface area contributed by atoms with E-state index < -0.39 is 0 Å². The van der Waals surface area contributed by atoms with Gasteiger partial charge in [0.15, 0.2) is 6.29 Å². The molecule has 0 aliphatic rings. The van der Waals surface area contributed by atoms with Crippen molar-refractivity contribution in [2.45, 2.75) is 18.4 Å². The van der Waals surface area contributed by atoms with Crippen molar-refractivity contribution in [2.75, 3.05) is 20.8 Å². The molecule has 0 unspecified atom stereocenters. The first-order valence-corrected chi connectivity index (χ1v) is 6.59. The molecule has 0 radical (unpaired) electrons. The first kappa shape index (κ1) is 13.3. The standard InChI is InChI=1S/C9H18O4Si/c1-4-8(10)13-5-6-14-7-9(11-2)12-3/h4,9H,1,5-7,14H2,2-3H3. The molecule has 0 atom stereocenters.